The molecule has 5 nitrogen and oxygen atoms in total. The summed E-state index contributed by atoms with van der Waals surface area (Å²) < 4.78 is 44.9. The van der Waals surface area contributed by atoms with Crippen molar-refractivity contribution in [1.29, 1.82) is 0 Å². The molecule has 0 saturated carbocycles. The summed E-state index contributed by atoms with van der Waals surface area (Å²) in [6.07, 6.45) is 0. The number of hydrogen-bond donors (Lipinski definition) is 2. The Balaban J connectivity index is 2.32. The van der Waals surface area contributed by atoms with Crippen molar-refractivity contribution < 1.29 is 22.7 Å². The second-order valence-electron chi connectivity index (χ2n) is 4.07. The number of sulfonamides is 1. The van der Waals surface area contributed by atoms with E-state index in [0.29, 0.717) is 0 Å². The molecule has 0 heterocycles. The number of aromatic hydroxyl groups is 1. The Morgan fingerprint density at radius 3 is 2.52 bits per heavy atom. The fourth-order valence-corrected chi connectivity index (χ4v) is 2.92. The highest BCUT2D eigenvalue weighted by Crippen LogP contribution is 2.30. The molecule has 0 aliphatic rings. The van der Waals surface area contributed by atoms with E-state index >= 15 is 0 Å². The summed E-state index contributed by atoms with van der Waals surface area (Å²) >= 11 is 2.95. The van der Waals surface area contributed by atoms with Crippen molar-refractivity contribution in [3.63, 3.8) is 0 Å². The molecular formula is C13H11BrFNO4S. The number of rotatable bonds is 4. The van der Waals surface area contributed by atoms with Crippen LogP contribution in [0.3, 0.4) is 0 Å². The topological polar surface area (TPSA) is 75.6 Å². The van der Waals surface area contributed by atoms with Gasteiger partial charge in [0.1, 0.15) is 5.82 Å². The molecule has 0 aliphatic carbocycles. The molecule has 0 bridgehead atoms. The van der Waals surface area contributed by atoms with E-state index in [0.717, 1.165) is 6.07 Å². The lowest BCUT2D eigenvalue weighted by molar-refractivity contribution is 0.373. The minimum absolute atomic E-state index is 0.136. The summed E-state index contributed by atoms with van der Waals surface area (Å²) in [6, 6.07) is 7.50. The van der Waals surface area contributed by atoms with Gasteiger partial charge in [0.2, 0.25) is 0 Å². The second-order valence-corrected chi connectivity index (χ2v) is 6.60. The predicted octanol–water partition coefficient (Wildman–Crippen LogP) is 3.10. The molecule has 0 aromatic heterocycles. The number of ether oxygens (including phenoxy) is 1. The summed E-state index contributed by atoms with van der Waals surface area (Å²) in [4.78, 5) is -0.224. The number of phenolic OH excluding ortho intramolecular Hbond substituents is 1. The Labute approximate surface area is 129 Å². The third kappa shape index (κ3) is 3.45. The quantitative estimate of drug-likeness (QED) is 0.860. The van der Waals surface area contributed by atoms with Crippen LogP contribution in [0.2, 0.25) is 0 Å². The number of phenols is 1. The summed E-state index contributed by atoms with van der Waals surface area (Å²) in [5.41, 5.74) is 0.136. The van der Waals surface area contributed by atoms with E-state index in [2.05, 4.69) is 20.7 Å². The first-order chi connectivity index (χ1) is 9.83. The monoisotopic (exact) mass is 375 g/mol. The molecular weight excluding hydrogens is 365 g/mol. The van der Waals surface area contributed by atoms with Gasteiger partial charge in [-0.25, -0.2) is 12.8 Å². The van der Waals surface area contributed by atoms with E-state index in [4.69, 9.17) is 4.74 Å². The molecule has 2 aromatic carbocycles. The summed E-state index contributed by atoms with van der Waals surface area (Å²) in [7, 11) is -2.57. The predicted molar refractivity (Wildman–Crippen MR) is 79.6 cm³/mol. The fourth-order valence-electron chi connectivity index (χ4n) is 1.61. The standard InChI is InChI=1S/C13H11BrFNO4S/c1-20-13-5-2-8(6-12(13)17)16-21(18,19)9-3-4-10(14)11(15)7-9/h2-7,16-17H,1H3. The molecule has 0 amide bonds. The molecule has 0 aliphatic heterocycles. The van der Waals surface area contributed by atoms with E-state index < -0.39 is 15.8 Å². The first kappa shape index (κ1) is 15.6. The van der Waals surface area contributed by atoms with Crippen LogP contribution in [0.25, 0.3) is 0 Å². The van der Waals surface area contributed by atoms with Crippen molar-refractivity contribution in [2.45, 2.75) is 4.90 Å². The Morgan fingerprint density at radius 2 is 1.95 bits per heavy atom. The lowest BCUT2D eigenvalue weighted by Crippen LogP contribution is -2.13. The molecule has 0 spiro atoms. The van der Waals surface area contributed by atoms with Crippen LogP contribution >= 0.6 is 15.9 Å². The lowest BCUT2D eigenvalue weighted by Gasteiger charge is -2.10. The van der Waals surface area contributed by atoms with Gasteiger partial charge in [-0.05, 0) is 46.3 Å². The number of methoxy groups -OCH3 is 1. The van der Waals surface area contributed by atoms with Gasteiger partial charge >= 0.3 is 0 Å². The van der Waals surface area contributed by atoms with Crippen LogP contribution in [0, 0.1) is 5.82 Å². The fraction of sp³-hybridized carbons (Fsp3) is 0.0769. The molecule has 8 heteroatoms. The van der Waals surface area contributed by atoms with E-state index in [9.17, 15) is 17.9 Å². The Bertz CT molecular complexity index is 780. The summed E-state index contributed by atoms with van der Waals surface area (Å²) in [5, 5.41) is 9.61. The Morgan fingerprint density at radius 1 is 1.24 bits per heavy atom. The van der Waals surface area contributed by atoms with Gasteiger partial charge in [-0.2, -0.15) is 0 Å². The van der Waals surface area contributed by atoms with Crippen LogP contribution in [0.15, 0.2) is 45.8 Å². The SMILES string of the molecule is COc1ccc(NS(=O)(=O)c2ccc(Br)c(F)c2)cc1O. The van der Waals surface area contributed by atoms with Crippen molar-refractivity contribution >= 4 is 31.6 Å². The van der Waals surface area contributed by atoms with E-state index in [1.807, 2.05) is 0 Å². The summed E-state index contributed by atoms with van der Waals surface area (Å²) in [6.45, 7) is 0. The molecule has 0 fully saturated rings. The average molecular weight is 376 g/mol. The van der Waals surface area contributed by atoms with Crippen LogP contribution in [0.5, 0.6) is 11.5 Å². The maximum Gasteiger partial charge on any atom is 0.261 e. The average Bonchev–Trinajstić information content (AvgIpc) is 2.41. The van der Waals surface area contributed by atoms with Gasteiger partial charge in [0.05, 0.1) is 22.2 Å². The molecule has 2 N–H and O–H groups in total. The highest BCUT2D eigenvalue weighted by molar-refractivity contribution is 9.10. The van der Waals surface area contributed by atoms with Crippen molar-refractivity contribution in [3.05, 3.63) is 46.7 Å². The highest BCUT2D eigenvalue weighted by Gasteiger charge is 2.16. The Kier molecular flexibility index (Phi) is 4.38. The van der Waals surface area contributed by atoms with Gasteiger partial charge < -0.3 is 9.84 Å². The molecule has 112 valence electrons. The Hall–Kier alpha value is -1.80. The minimum atomic E-state index is -3.95. The molecule has 0 atom stereocenters. The molecule has 0 saturated heterocycles. The van der Waals surface area contributed by atoms with Crippen molar-refractivity contribution in [2.75, 3.05) is 11.8 Å². The van der Waals surface area contributed by atoms with Gasteiger partial charge in [0.15, 0.2) is 11.5 Å². The molecule has 0 unspecified atom stereocenters. The smallest absolute Gasteiger partial charge is 0.261 e. The molecule has 0 radical (unpaired) electrons. The van der Waals surface area contributed by atoms with Crippen molar-refractivity contribution in [2.24, 2.45) is 0 Å². The number of anilines is 1. The highest BCUT2D eigenvalue weighted by atomic mass is 79.9. The molecule has 2 aromatic rings. The van der Waals surface area contributed by atoms with Crippen LogP contribution < -0.4 is 9.46 Å². The van der Waals surface area contributed by atoms with Crippen molar-refractivity contribution in [1.82, 2.24) is 0 Å². The largest absolute Gasteiger partial charge is 0.504 e. The minimum Gasteiger partial charge on any atom is -0.504 e. The molecule has 2 rings (SSSR count). The molecule has 21 heavy (non-hydrogen) atoms. The maximum atomic E-state index is 13.4. The third-order valence-electron chi connectivity index (χ3n) is 2.63. The maximum absolute atomic E-state index is 13.4. The van der Waals surface area contributed by atoms with Crippen LogP contribution in [0.4, 0.5) is 10.1 Å². The third-order valence-corrected chi connectivity index (χ3v) is 4.65. The van der Waals surface area contributed by atoms with Gasteiger partial charge in [-0.15, -0.1) is 0 Å². The second kappa shape index (κ2) is 5.90. The van der Waals surface area contributed by atoms with Crippen LogP contribution in [-0.2, 0) is 10.0 Å². The van der Waals surface area contributed by atoms with Crippen LogP contribution in [0.1, 0.15) is 0 Å². The number of hydrogen-bond acceptors (Lipinski definition) is 4. The lowest BCUT2D eigenvalue weighted by atomic mass is 10.3. The van der Waals surface area contributed by atoms with Gasteiger partial charge in [0.25, 0.3) is 10.0 Å². The van der Waals surface area contributed by atoms with Gasteiger partial charge in [0, 0.05) is 6.07 Å². The number of benzene rings is 2. The van der Waals surface area contributed by atoms with Gasteiger partial charge in [-0.3, -0.25) is 4.72 Å². The van der Waals surface area contributed by atoms with E-state index in [1.54, 1.807) is 0 Å². The normalized spacial score (nSPS) is 11.2. The zero-order valence-corrected chi connectivity index (χ0v) is 13.2. The summed E-state index contributed by atoms with van der Waals surface area (Å²) in [5.74, 6) is -0.678. The first-order valence-corrected chi connectivity index (χ1v) is 7.96. The number of halogens is 2. The van der Waals surface area contributed by atoms with E-state index in [-0.39, 0.29) is 26.6 Å². The van der Waals surface area contributed by atoms with Crippen LogP contribution in [-0.4, -0.2) is 20.6 Å². The number of nitrogens with one attached hydrogen (secondary N) is 1. The van der Waals surface area contributed by atoms with Crippen molar-refractivity contribution in [3.8, 4) is 11.5 Å². The van der Waals surface area contributed by atoms with Gasteiger partial charge in [-0.1, -0.05) is 0 Å². The van der Waals surface area contributed by atoms with E-state index in [1.165, 1.54) is 37.4 Å². The zero-order valence-electron chi connectivity index (χ0n) is 10.8. The first-order valence-electron chi connectivity index (χ1n) is 5.68. The zero-order chi connectivity index (χ0) is 15.6.